The van der Waals surface area contributed by atoms with Crippen molar-refractivity contribution in [3.05, 3.63) is 21.4 Å². The van der Waals surface area contributed by atoms with E-state index < -0.39 is 12.0 Å². The summed E-state index contributed by atoms with van der Waals surface area (Å²) in [5, 5.41) is 13.2. The highest BCUT2D eigenvalue weighted by atomic mass is 32.1. The zero-order chi connectivity index (χ0) is 12.1. The highest BCUT2D eigenvalue weighted by Crippen LogP contribution is 2.19. The number of carbonyl (C=O) groups excluding carboxylic acids is 1. The van der Waals surface area contributed by atoms with Crippen LogP contribution in [-0.2, 0) is 11.3 Å². The SMILES string of the molecule is Cc1cc(CNC(=O)NCC(=O)O)sc1C. The summed E-state index contributed by atoms with van der Waals surface area (Å²) in [6.07, 6.45) is 0. The van der Waals surface area contributed by atoms with Gasteiger partial charge in [0.2, 0.25) is 0 Å². The van der Waals surface area contributed by atoms with Gasteiger partial charge in [0.25, 0.3) is 0 Å². The molecule has 0 radical (unpaired) electrons. The van der Waals surface area contributed by atoms with Crippen LogP contribution in [0, 0.1) is 13.8 Å². The Hall–Kier alpha value is -1.56. The minimum atomic E-state index is -1.06. The number of carboxylic acids is 1. The minimum absolute atomic E-state index is 0.367. The van der Waals surface area contributed by atoms with Gasteiger partial charge in [0.05, 0.1) is 6.54 Å². The lowest BCUT2D eigenvalue weighted by Crippen LogP contribution is -2.37. The maximum absolute atomic E-state index is 11.1. The predicted octanol–water partition coefficient (Wildman–Crippen LogP) is 1.25. The van der Waals surface area contributed by atoms with Crippen molar-refractivity contribution in [3.8, 4) is 0 Å². The Morgan fingerprint density at radius 1 is 1.38 bits per heavy atom. The molecule has 0 atom stereocenters. The molecular formula is C10H14N2O3S. The lowest BCUT2D eigenvalue weighted by atomic mass is 10.3. The third kappa shape index (κ3) is 3.90. The first-order chi connectivity index (χ1) is 7.49. The minimum Gasteiger partial charge on any atom is -0.480 e. The predicted molar refractivity (Wildman–Crippen MR) is 61.7 cm³/mol. The van der Waals surface area contributed by atoms with Gasteiger partial charge in [-0.05, 0) is 25.5 Å². The summed E-state index contributed by atoms with van der Waals surface area (Å²) in [6.45, 7) is 4.09. The average Bonchev–Trinajstić information content (AvgIpc) is 2.52. The van der Waals surface area contributed by atoms with Crippen LogP contribution < -0.4 is 10.6 Å². The van der Waals surface area contributed by atoms with Crippen molar-refractivity contribution in [2.24, 2.45) is 0 Å². The number of aryl methyl sites for hydroxylation is 2. The number of rotatable bonds is 4. The molecule has 5 nitrogen and oxygen atoms in total. The van der Waals surface area contributed by atoms with Gasteiger partial charge in [0, 0.05) is 9.75 Å². The van der Waals surface area contributed by atoms with Gasteiger partial charge in [0.15, 0.2) is 0 Å². The molecule has 1 rings (SSSR count). The van der Waals surface area contributed by atoms with E-state index >= 15 is 0 Å². The Morgan fingerprint density at radius 3 is 2.56 bits per heavy atom. The van der Waals surface area contributed by atoms with Crippen molar-refractivity contribution in [1.82, 2.24) is 10.6 Å². The molecule has 0 aliphatic rings. The smallest absolute Gasteiger partial charge is 0.323 e. The van der Waals surface area contributed by atoms with Gasteiger partial charge in [-0.3, -0.25) is 4.79 Å². The molecule has 0 saturated heterocycles. The molecule has 1 heterocycles. The van der Waals surface area contributed by atoms with Gasteiger partial charge in [-0.25, -0.2) is 4.79 Å². The summed E-state index contributed by atoms with van der Waals surface area (Å²) in [4.78, 5) is 23.6. The summed E-state index contributed by atoms with van der Waals surface area (Å²) in [5.74, 6) is -1.06. The molecule has 0 fully saturated rings. The third-order valence-electron chi connectivity index (χ3n) is 2.04. The van der Waals surface area contributed by atoms with Gasteiger partial charge in [-0.15, -0.1) is 11.3 Å². The second-order valence-corrected chi connectivity index (χ2v) is 4.72. The summed E-state index contributed by atoms with van der Waals surface area (Å²) in [6, 6.07) is 1.54. The Kier molecular flexibility index (Phi) is 4.30. The van der Waals surface area contributed by atoms with Gasteiger partial charge in [-0.2, -0.15) is 0 Å². The quantitative estimate of drug-likeness (QED) is 0.743. The van der Waals surface area contributed by atoms with Crippen LogP contribution in [0.3, 0.4) is 0 Å². The Bertz CT molecular complexity index is 381. The van der Waals surface area contributed by atoms with Crippen LogP contribution in [0.5, 0.6) is 0 Å². The third-order valence-corrected chi connectivity index (χ3v) is 3.19. The van der Waals surface area contributed by atoms with Crippen molar-refractivity contribution in [3.63, 3.8) is 0 Å². The number of carbonyl (C=O) groups is 2. The Balaban J connectivity index is 2.34. The van der Waals surface area contributed by atoms with Crippen LogP contribution in [0.25, 0.3) is 0 Å². The first-order valence-electron chi connectivity index (χ1n) is 4.78. The van der Waals surface area contributed by atoms with Gasteiger partial charge < -0.3 is 15.7 Å². The number of hydrogen-bond donors (Lipinski definition) is 3. The van der Waals surface area contributed by atoms with Crippen LogP contribution in [0.1, 0.15) is 15.3 Å². The average molecular weight is 242 g/mol. The van der Waals surface area contributed by atoms with Gasteiger partial charge in [-0.1, -0.05) is 0 Å². The van der Waals surface area contributed by atoms with Crippen molar-refractivity contribution in [2.45, 2.75) is 20.4 Å². The van der Waals surface area contributed by atoms with Crippen molar-refractivity contribution in [2.75, 3.05) is 6.54 Å². The van der Waals surface area contributed by atoms with Gasteiger partial charge >= 0.3 is 12.0 Å². The van der Waals surface area contributed by atoms with E-state index in [1.165, 1.54) is 10.4 Å². The number of urea groups is 1. The zero-order valence-corrected chi connectivity index (χ0v) is 9.98. The largest absolute Gasteiger partial charge is 0.480 e. The van der Waals surface area contributed by atoms with E-state index in [9.17, 15) is 9.59 Å². The monoisotopic (exact) mass is 242 g/mol. The van der Waals surface area contributed by atoms with E-state index in [-0.39, 0.29) is 6.54 Å². The van der Waals surface area contributed by atoms with Gasteiger partial charge in [0.1, 0.15) is 6.54 Å². The van der Waals surface area contributed by atoms with Crippen LogP contribution in [-0.4, -0.2) is 23.7 Å². The second-order valence-electron chi connectivity index (χ2n) is 3.38. The molecule has 88 valence electrons. The molecule has 0 bridgehead atoms. The maximum atomic E-state index is 11.1. The fourth-order valence-corrected chi connectivity index (χ4v) is 2.12. The van der Waals surface area contributed by atoms with E-state index in [4.69, 9.17) is 5.11 Å². The number of hydrogen-bond acceptors (Lipinski definition) is 3. The highest BCUT2D eigenvalue weighted by molar-refractivity contribution is 7.12. The highest BCUT2D eigenvalue weighted by Gasteiger charge is 2.05. The summed E-state index contributed by atoms with van der Waals surface area (Å²) >= 11 is 1.62. The van der Waals surface area contributed by atoms with Crippen molar-refractivity contribution >= 4 is 23.3 Å². The molecule has 0 saturated carbocycles. The van der Waals surface area contributed by atoms with Crippen molar-refractivity contribution in [1.29, 1.82) is 0 Å². The van der Waals surface area contributed by atoms with Crippen LogP contribution in [0.4, 0.5) is 4.79 Å². The van der Waals surface area contributed by atoms with E-state index in [2.05, 4.69) is 10.6 Å². The maximum Gasteiger partial charge on any atom is 0.323 e. The van der Waals surface area contributed by atoms with Crippen LogP contribution >= 0.6 is 11.3 Å². The molecule has 0 aliphatic heterocycles. The lowest BCUT2D eigenvalue weighted by molar-refractivity contribution is -0.135. The summed E-state index contributed by atoms with van der Waals surface area (Å²) in [7, 11) is 0. The van der Waals surface area contributed by atoms with E-state index in [0.29, 0.717) is 6.54 Å². The standard InChI is InChI=1S/C10H14N2O3S/c1-6-3-8(16-7(6)2)4-11-10(15)12-5-9(13)14/h3H,4-5H2,1-2H3,(H,13,14)(H2,11,12,15). The number of carboxylic acid groups (broad SMARTS) is 1. The molecular weight excluding hydrogens is 228 g/mol. The first-order valence-corrected chi connectivity index (χ1v) is 5.60. The molecule has 1 aromatic rings. The van der Waals surface area contributed by atoms with E-state index in [1.54, 1.807) is 11.3 Å². The normalized spacial score (nSPS) is 9.88. The number of nitrogens with one attached hydrogen (secondary N) is 2. The van der Waals surface area contributed by atoms with Crippen LogP contribution in [0.15, 0.2) is 6.07 Å². The lowest BCUT2D eigenvalue weighted by Gasteiger charge is -2.03. The molecule has 1 aromatic heterocycles. The number of amides is 2. The molecule has 16 heavy (non-hydrogen) atoms. The van der Waals surface area contributed by atoms with E-state index in [0.717, 1.165) is 4.88 Å². The molecule has 0 unspecified atom stereocenters. The first kappa shape index (κ1) is 12.5. The molecule has 0 aliphatic carbocycles. The number of aliphatic carboxylic acids is 1. The van der Waals surface area contributed by atoms with Crippen molar-refractivity contribution < 1.29 is 14.7 Å². The zero-order valence-electron chi connectivity index (χ0n) is 9.16. The molecule has 0 spiro atoms. The molecule has 2 amide bonds. The Morgan fingerprint density at radius 2 is 2.06 bits per heavy atom. The number of thiophene rings is 1. The fraction of sp³-hybridized carbons (Fsp3) is 0.400. The van der Waals surface area contributed by atoms with E-state index in [1.807, 2.05) is 19.9 Å². The second kappa shape index (κ2) is 5.50. The summed E-state index contributed by atoms with van der Waals surface area (Å²) in [5.41, 5.74) is 1.20. The molecule has 6 heteroatoms. The van der Waals surface area contributed by atoms with Crippen LogP contribution in [0.2, 0.25) is 0 Å². The molecule has 3 N–H and O–H groups in total. The topological polar surface area (TPSA) is 78.4 Å². The molecule has 0 aromatic carbocycles. The fourth-order valence-electron chi connectivity index (χ4n) is 1.12. The summed E-state index contributed by atoms with van der Waals surface area (Å²) < 4.78 is 0. The Labute approximate surface area is 97.5 Å².